The highest BCUT2D eigenvalue weighted by atomic mass is 16.5. The van der Waals surface area contributed by atoms with Gasteiger partial charge in [0.15, 0.2) is 5.78 Å². The van der Waals surface area contributed by atoms with Crippen LogP contribution in [0, 0.1) is 5.92 Å². The SMILES string of the molecule is COc1ccc2cc(C(=O)C3CCCN(C(=O)C4=NNC(=O)CC4)C3)ccc2c1. The third-order valence-corrected chi connectivity index (χ3v) is 5.56. The number of nitrogens with zero attached hydrogens (tertiary/aromatic N) is 2. The van der Waals surface area contributed by atoms with Crippen molar-refractivity contribution in [3.05, 3.63) is 42.0 Å². The van der Waals surface area contributed by atoms with E-state index in [0.717, 1.165) is 29.4 Å². The molecule has 2 aromatic carbocycles. The second-order valence-electron chi connectivity index (χ2n) is 7.48. The van der Waals surface area contributed by atoms with Gasteiger partial charge in [0.05, 0.1) is 7.11 Å². The number of amides is 2. The van der Waals surface area contributed by atoms with Crippen LogP contribution in [0.5, 0.6) is 5.75 Å². The fourth-order valence-corrected chi connectivity index (χ4v) is 3.93. The van der Waals surface area contributed by atoms with Gasteiger partial charge in [-0.25, -0.2) is 5.43 Å². The minimum absolute atomic E-state index is 0.0547. The average molecular weight is 393 g/mol. The van der Waals surface area contributed by atoms with Crippen LogP contribution in [-0.2, 0) is 9.59 Å². The molecule has 0 spiro atoms. The molecule has 0 saturated carbocycles. The zero-order valence-corrected chi connectivity index (χ0v) is 16.3. The number of piperidine rings is 1. The van der Waals surface area contributed by atoms with E-state index in [1.54, 1.807) is 12.0 Å². The minimum atomic E-state index is -0.234. The summed E-state index contributed by atoms with van der Waals surface area (Å²) in [7, 11) is 1.63. The quantitative estimate of drug-likeness (QED) is 0.809. The molecule has 1 atom stereocenters. The summed E-state index contributed by atoms with van der Waals surface area (Å²) < 4.78 is 5.25. The number of hydrazone groups is 1. The molecule has 2 aliphatic rings. The first-order valence-electron chi connectivity index (χ1n) is 9.82. The van der Waals surface area contributed by atoms with Gasteiger partial charge in [0, 0.05) is 37.4 Å². The number of rotatable bonds is 4. The van der Waals surface area contributed by atoms with Crippen molar-refractivity contribution in [1.82, 2.24) is 10.3 Å². The molecule has 0 radical (unpaired) electrons. The Morgan fingerprint density at radius 3 is 2.69 bits per heavy atom. The molecule has 4 rings (SSSR count). The molecule has 2 aromatic rings. The van der Waals surface area contributed by atoms with Crippen LogP contribution >= 0.6 is 0 Å². The number of likely N-dealkylation sites (tertiary alicyclic amines) is 1. The lowest BCUT2D eigenvalue weighted by molar-refractivity contribution is -0.125. The number of carbonyl (C=O) groups is 3. The zero-order valence-electron chi connectivity index (χ0n) is 16.3. The fraction of sp³-hybridized carbons (Fsp3) is 0.364. The predicted octanol–water partition coefficient (Wildman–Crippen LogP) is 2.54. The maximum Gasteiger partial charge on any atom is 0.270 e. The molecule has 0 aromatic heterocycles. The molecule has 7 nitrogen and oxygen atoms in total. The van der Waals surface area contributed by atoms with E-state index in [0.29, 0.717) is 30.8 Å². The summed E-state index contributed by atoms with van der Waals surface area (Å²) in [6, 6.07) is 11.4. The number of hydrogen-bond acceptors (Lipinski definition) is 5. The van der Waals surface area contributed by atoms with Crippen LogP contribution in [0.25, 0.3) is 10.8 Å². The Labute approximate surface area is 168 Å². The van der Waals surface area contributed by atoms with Crippen molar-refractivity contribution in [1.29, 1.82) is 0 Å². The van der Waals surface area contributed by atoms with Gasteiger partial charge in [-0.2, -0.15) is 5.10 Å². The molecule has 2 aliphatic heterocycles. The lowest BCUT2D eigenvalue weighted by Crippen LogP contribution is -2.46. The number of fused-ring (bicyclic) bond motifs is 1. The van der Waals surface area contributed by atoms with E-state index in [9.17, 15) is 14.4 Å². The van der Waals surface area contributed by atoms with Gasteiger partial charge in [-0.15, -0.1) is 0 Å². The number of methoxy groups -OCH3 is 1. The van der Waals surface area contributed by atoms with E-state index < -0.39 is 0 Å². The highest BCUT2D eigenvalue weighted by Crippen LogP contribution is 2.26. The Bertz CT molecular complexity index is 1010. The average Bonchev–Trinajstić information content (AvgIpc) is 2.78. The standard InChI is InChI=1S/C22H23N3O4/c1-29-18-7-6-14-11-16(5-4-15(14)12-18)21(27)17-3-2-10-25(13-17)22(28)19-8-9-20(26)24-23-19/h4-7,11-12,17H,2-3,8-10,13H2,1H3,(H,24,26). The van der Waals surface area contributed by atoms with Crippen molar-refractivity contribution < 1.29 is 19.1 Å². The highest BCUT2D eigenvalue weighted by molar-refractivity contribution is 6.39. The van der Waals surface area contributed by atoms with E-state index in [2.05, 4.69) is 10.5 Å². The van der Waals surface area contributed by atoms with E-state index >= 15 is 0 Å². The fourth-order valence-electron chi connectivity index (χ4n) is 3.93. The normalized spacial score (nSPS) is 19.5. The van der Waals surface area contributed by atoms with Crippen molar-refractivity contribution >= 4 is 34.1 Å². The molecule has 1 unspecified atom stereocenters. The monoisotopic (exact) mass is 393 g/mol. The second kappa shape index (κ2) is 8.03. The Hall–Kier alpha value is -3.22. The highest BCUT2D eigenvalue weighted by Gasteiger charge is 2.31. The van der Waals surface area contributed by atoms with Crippen LogP contribution in [0.3, 0.4) is 0 Å². The van der Waals surface area contributed by atoms with Gasteiger partial charge in [0.25, 0.3) is 5.91 Å². The summed E-state index contributed by atoms with van der Waals surface area (Å²) in [4.78, 5) is 38.8. The van der Waals surface area contributed by atoms with Crippen molar-refractivity contribution in [3.8, 4) is 5.75 Å². The summed E-state index contributed by atoms with van der Waals surface area (Å²) >= 11 is 0. The summed E-state index contributed by atoms with van der Waals surface area (Å²) in [5.41, 5.74) is 3.38. The van der Waals surface area contributed by atoms with E-state index in [1.165, 1.54) is 0 Å². The van der Waals surface area contributed by atoms with Crippen molar-refractivity contribution in [2.75, 3.05) is 20.2 Å². The third-order valence-electron chi connectivity index (χ3n) is 5.56. The van der Waals surface area contributed by atoms with Gasteiger partial charge in [0.2, 0.25) is 5.91 Å². The maximum atomic E-state index is 13.1. The number of benzene rings is 2. The number of nitrogens with one attached hydrogen (secondary N) is 1. The van der Waals surface area contributed by atoms with E-state index in [-0.39, 0.29) is 29.9 Å². The minimum Gasteiger partial charge on any atom is -0.497 e. The van der Waals surface area contributed by atoms with Crippen LogP contribution in [0.15, 0.2) is 41.5 Å². The molecule has 1 saturated heterocycles. The largest absolute Gasteiger partial charge is 0.497 e. The Morgan fingerprint density at radius 2 is 1.93 bits per heavy atom. The molecule has 29 heavy (non-hydrogen) atoms. The zero-order chi connectivity index (χ0) is 20.4. The van der Waals surface area contributed by atoms with Crippen molar-refractivity contribution in [2.45, 2.75) is 25.7 Å². The number of hydrogen-bond donors (Lipinski definition) is 1. The molecule has 2 amide bonds. The smallest absolute Gasteiger partial charge is 0.270 e. The molecule has 1 fully saturated rings. The first-order valence-corrected chi connectivity index (χ1v) is 9.82. The van der Waals surface area contributed by atoms with Gasteiger partial charge < -0.3 is 9.64 Å². The van der Waals surface area contributed by atoms with E-state index in [4.69, 9.17) is 4.74 Å². The van der Waals surface area contributed by atoms with Crippen LogP contribution < -0.4 is 10.2 Å². The van der Waals surface area contributed by atoms with Gasteiger partial charge in [-0.05, 0) is 41.8 Å². The predicted molar refractivity (Wildman–Crippen MR) is 109 cm³/mol. The molecule has 0 aliphatic carbocycles. The van der Waals surface area contributed by atoms with Crippen LogP contribution in [0.1, 0.15) is 36.0 Å². The topological polar surface area (TPSA) is 88.1 Å². The molecule has 7 heteroatoms. The lowest BCUT2D eigenvalue weighted by atomic mass is 9.89. The molecule has 1 N–H and O–H groups in total. The van der Waals surface area contributed by atoms with Gasteiger partial charge in [-0.1, -0.05) is 18.2 Å². The summed E-state index contributed by atoms with van der Waals surface area (Å²) in [5, 5.41) is 5.88. The molecular weight excluding hydrogens is 370 g/mol. The molecule has 150 valence electrons. The van der Waals surface area contributed by atoms with Crippen molar-refractivity contribution in [3.63, 3.8) is 0 Å². The summed E-state index contributed by atoms with van der Waals surface area (Å²) in [5.74, 6) is 0.233. The van der Waals surface area contributed by atoms with Crippen LogP contribution in [0.4, 0.5) is 0 Å². The van der Waals surface area contributed by atoms with E-state index in [1.807, 2.05) is 36.4 Å². The molecular formula is C22H23N3O4. The second-order valence-corrected chi connectivity index (χ2v) is 7.48. The number of Topliss-reactive ketones (excluding diaryl/α,β-unsaturated/α-hetero) is 1. The molecule has 0 bridgehead atoms. The Morgan fingerprint density at radius 1 is 1.14 bits per heavy atom. The van der Waals surface area contributed by atoms with Gasteiger partial charge in [-0.3, -0.25) is 14.4 Å². The number of ketones is 1. The Kier molecular flexibility index (Phi) is 5.29. The van der Waals surface area contributed by atoms with Gasteiger partial charge >= 0.3 is 0 Å². The summed E-state index contributed by atoms with van der Waals surface area (Å²) in [6.45, 7) is 0.985. The lowest BCUT2D eigenvalue weighted by Gasteiger charge is -2.32. The van der Waals surface area contributed by atoms with Crippen molar-refractivity contribution in [2.24, 2.45) is 11.0 Å². The van der Waals surface area contributed by atoms with Gasteiger partial charge in [0.1, 0.15) is 11.5 Å². The van der Waals surface area contributed by atoms with Crippen LogP contribution in [0.2, 0.25) is 0 Å². The van der Waals surface area contributed by atoms with Crippen LogP contribution in [-0.4, -0.2) is 48.4 Å². The number of carbonyl (C=O) groups excluding carboxylic acids is 3. The summed E-state index contributed by atoms with van der Waals surface area (Å²) in [6.07, 6.45) is 2.13. The Balaban J connectivity index is 1.49. The first kappa shape index (κ1) is 19.1. The molecule has 2 heterocycles. The third kappa shape index (κ3) is 3.99. The number of ether oxygens (including phenoxy) is 1. The first-order chi connectivity index (χ1) is 14.0. The maximum absolute atomic E-state index is 13.1.